The topological polar surface area (TPSA) is 86.9 Å². The zero-order valence-corrected chi connectivity index (χ0v) is 16.3. The maximum Gasteiger partial charge on any atom is 0.433 e. The van der Waals surface area contributed by atoms with Gasteiger partial charge >= 0.3 is 6.18 Å². The van der Waals surface area contributed by atoms with Crippen LogP contribution < -0.4 is 0 Å². The molecule has 1 saturated carbocycles. The van der Waals surface area contributed by atoms with E-state index < -0.39 is 11.9 Å². The SMILES string of the molecule is Cc1cc(C)n(CCc2nnc(-c3cc4nc(C5CC5)cc(C(F)(F)F)n4n3)o2)n1. The Morgan fingerprint density at radius 3 is 2.57 bits per heavy atom. The van der Waals surface area contributed by atoms with E-state index >= 15 is 0 Å². The molecule has 0 bridgehead atoms. The van der Waals surface area contributed by atoms with E-state index in [2.05, 4.69) is 25.4 Å². The Morgan fingerprint density at radius 2 is 1.90 bits per heavy atom. The third-order valence-electron chi connectivity index (χ3n) is 5.06. The van der Waals surface area contributed by atoms with Gasteiger partial charge in [0.2, 0.25) is 5.89 Å². The second-order valence-corrected chi connectivity index (χ2v) is 7.54. The van der Waals surface area contributed by atoms with Gasteiger partial charge in [-0.1, -0.05) is 0 Å². The highest BCUT2D eigenvalue weighted by atomic mass is 19.4. The molecule has 0 saturated heterocycles. The summed E-state index contributed by atoms with van der Waals surface area (Å²) in [5.41, 5.74) is 1.80. The lowest BCUT2D eigenvalue weighted by molar-refractivity contribution is -0.142. The Labute approximate surface area is 168 Å². The van der Waals surface area contributed by atoms with E-state index in [1.807, 2.05) is 24.6 Å². The predicted octanol–water partition coefficient (Wildman–Crippen LogP) is 3.73. The molecule has 4 heterocycles. The summed E-state index contributed by atoms with van der Waals surface area (Å²) in [5, 5.41) is 16.4. The summed E-state index contributed by atoms with van der Waals surface area (Å²) in [6, 6.07) is 4.49. The first-order valence-electron chi connectivity index (χ1n) is 9.59. The molecule has 4 aromatic heterocycles. The number of rotatable bonds is 5. The lowest BCUT2D eigenvalue weighted by Crippen LogP contribution is -2.14. The predicted molar refractivity (Wildman–Crippen MR) is 98.7 cm³/mol. The lowest BCUT2D eigenvalue weighted by atomic mass is 10.2. The minimum atomic E-state index is -4.55. The zero-order chi connectivity index (χ0) is 21.0. The lowest BCUT2D eigenvalue weighted by Gasteiger charge is -2.10. The highest BCUT2D eigenvalue weighted by Crippen LogP contribution is 2.41. The largest absolute Gasteiger partial charge is 0.433 e. The molecular weight excluding hydrogens is 399 g/mol. The summed E-state index contributed by atoms with van der Waals surface area (Å²) < 4.78 is 48.9. The van der Waals surface area contributed by atoms with Crippen molar-refractivity contribution in [3.63, 3.8) is 0 Å². The van der Waals surface area contributed by atoms with Gasteiger partial charge in [0.05, 0.1) is 5.69 Å². The van der Waals surface area contributed by atoms with Gasteiger partial charge in [-0.15, -0.1) is 10.2 Å². The molecule has 8 nitrogen and oxygen atoms in total. The zero-order valence-electron chi connectivity index (χ0n) is 16.3. The van der Waals surface area contributed by atoms with Crippen molar-refractivity contribution >= 4 is 5.65 Å². The quantitative estimate of drug-likeness (QED) is 0.492. The first-order chi connectivity index (χ1) is 14.3. The number of aromatic nitrogens is 7. The molecule has 0 aromatic carbocycles. The number of fused-ring (bicyclic) bond motifs is 1. The number of hydrogen-bond acceptors (Lipinski definition) is 6. The summed E-state index contributed by atoms with van der Waals surface area (Å²) >= 11 is 0. The Bertz CT molecular complexity index is 1230. The van der Waals surface area contributed by atoms with Crippen LogP contribution in [-0.4, -0.2) is 34.6 Å². The average molecular weight is 417 g/mol. The van der Waals surface area contributed by atoms with E-state index in [1.54, 1.807) is 0 Å². The third-order valence-corrected chi connectivity index (χ3v) is 5.06. The Morgan fingerprint density at radius 1 is 1.10 bits per heavy atom. The first-order valence-corrected chi connectivity index (χ1v) is 9.59. The van der Waals surface area contributed by atoms with Crippen LogP contribution in [0.15, 0.2) is 22.6 Å². The highest BCUT2D eigenvalue weighted by Gasteiger charge is 2.37. The molecule has 0 spiro atoms. The van der Waals surface area contributed by atoms with Gasteiger partial charge < -0.3 is 4.42 Å². The molecule has 5 rings (SSSR count). The van der Waals surface area contributed by atoms with Gasteiger partial charge in [-0.3, -0.25) is 4.68 Å². The number of aryl methyl sites for hydroxylation is 4. The Kier molecular flexibility index (Phi) is 4.16. The molecule has 0 atom stereocenters. The Hall–Kier alpha value is -3.24. The molecular formula is C19H18F3N7O. The van der Waals surface area contributed by atoms with E-state index in [4.69, 9.17) is 4.42 Å². The van der Waals surface area contributed by atoms with Crippen molar-refractivity contribution in [1.82, 2.24) is 34.6 Å². The summed E-state index contributed by atoms with van der Waals surface area (Å²) in [5.74, 6) is 0.501. The van der Waals surface area contributed by atoms with Gasteiger partial charge in [0, 0.05) is 36.3 Å². The summed E-state index contributed by atoms with van der Waals surface area (Å²) in [6.07, 6.45) is -2.40. The smallest absolute Gasteiger partial charge is 0.419 e. The number of halogens is 3. The number of hydrogen-bond donors (Lipinski definition) is 0. The maximum absolute atomic E-state index is 13.5. The van der Waals surface area contributed by atoms with Crippen LogP contribution in [0, 0.1) is 13.8 Å². The molecule has 0 N–H and O–H groups in total. The fourth-order valence-electron chi connectivity index (χ4n) is 3.45. The molecule has 30 heavy (non-hydrogen) atoms. The summed E-state index contributed by atoms with van der Waals surface area (Å²) in [6.45, 7) is 4.42. The van der Waals surface area contributed by atoms with Crippen LogP contribution in [0.3, 0.4) is 0 Å². The van der Waals surface area contributed by atoms with Gasteiger partial charge in [0.15, 0.2) is 11.3 Å². The van der Waals surface area contributed by atoms with Crippen LogP contribution in [-0.2, 0) is 19.1 Å². The van der Waals surface area contributed by atoms with Gasteiger partial charge in [-0.2, -0.15) is 23.4 Å². The molecule has 0 aliphatic heterocycles. The van der Waals surface area contributed by atoms with Crippen molar-refractivity contribution < 1.29 is 17.6 Å². The maximum atomic E-state index is 13.5. The van der Waals surface area contributed by atoms with Gasteiger partial charge in [-0.05, 0) is 38.8 Å². The molecule has 156 valence electrons. The van der Waals surface area contributed by atoms with E-state index in [9.17, 15) is 13.2 Å². The monoisotopic (exact) mass is 417 g/mol. The van der Waals surface area contributed by atoms with Crippen LogP contribution in [0.4, 0.5) is 13.2 Å². The second kappa shape index (κ2) is 6.64. The average Bonchev–Trinajstić information content (AvgIpc) is 3.12. The van der Waals surface area contributed by atoms with Crippen LogP contribution in [0.2, 0.25) is 0 Å². The Balaban J connectivity index is 1.44. The molecule has 0 unspecified atom stereocenters. The standard InChI is InChI=1S/C19H18F3N7O/c1-10-7-11(2)28(26-10)6-5-17-24-25-18(30-17)14-9-16-23-13(12-3-4-12)8-15(19(20,21)22)29(16)27-14/h7-9,12H,3-6H2,1-2H3. The van der Waals surface area contributed by atoms with Crippen LogP contribution in [0.25, 0.3) is 17.2 Å². The first kappa shape index (κ1) is 18.8. The molecule has 4 aromatic rings. The van der Waals surface area contributed by atoms with E-state index in [0.29, 0.717) is 24.6 Å². The van der Waals surface area contributed by atoms with Gasteiger partial charge in [0.25, 0.3) is 5.89 Å². The van der Waals surface area contributed by atoms with Crippen molar-refractivity contribution in [2.75, 3.05) is 0 Å². The molecule has 0 amide bonds. The van der Waals surface area contributed by atoms with Crippen molar-refractivity contribution in [2.45, 2.75) is 51.7 Å². The second-order valence-electron chi connectivity index (χ2n) is 7.54. The van der Waals surface area contributed by atoms with Crippen molar-refractivity contribution in [3.05, 3.63) is 46.9 Å². The fraction of sp³-hybridized carbons (Fsp3) is 0.421. The molecule has 0 radical (unpaired) electrons. The third kappa shape index (κ3) is 3.44. The van der Waals surface area contributed by atoms with Crippen LogP contribution >= 0.6 is 0 Å². The van der Waals surface area contributed by atoms with Crippen molar-refractivity contribution in [1.29, 1.82) is 0 Å². The van der Waals surface area contributed by atoms with Gasteiger partial charge in [0.1, 0.15) is 5.69 Å². The van der Waals surface area contributed by atoms with E-state index in [-0.39, 0.29) is 23.1 Å². The van der Waals surface area contributed by atoms with Crippen LogP contribution in [0.5, 0.6) is 0 Å². The fourth-order valence-corrected chi connectivity index (χ4v) is 3.45. The minimum Gasteiger partial charge on any atom is -0.419 e. The molecule has 1 aliphatic carbocycles. The molecule has 11 heteroatoms. The number of nitrogens with zero attached hydrogens (tertiary/aromatic N) is 7. The molecule has 1 fully saturated rings. The highest BCUT2D eigenvalue weighted by molar-refractivity contribution is 5.57. The van der Waals surface area contributed by atoms with Crippen molar-refractivity contribution in [2.24, 2.45) is 0 Å². The van der Waals surface area contributed by atoms with Gasteiger partial charge in [-0.25, -0.2) is 9.50 Å². The van der Waals surface area contributed by atoms with E-state index in [0.717, 1.165) is 34.8 Å². The normalized spacial score (nSPS) is 14.7. The number of alkyl halides is 3. The van der Waals surface area contributed by atoms with E-state index in [1.165, 1.54) is 6.07 Å². The summed E-state index contributed by atoms with van der Waals surface area (Å²) in [4.78, 5) is 4.35. The minimum absolute atomic E-state index is 0.0602. The summed E-state index contributed by atoms with van der Waals surface area (Å²) in [7, 11) is 0. The molecule has 1 aliphatic rings. The van der Waals surface area contributed by atoms with Crippen molar-refractivity contribution in [3.8, 4) is 11.6 Å². The van der Waals surface area contributed by atoms with Crippen LogP contribution in [0.1, 0.15) is 47.4 Å².